The van der Waals surface area contributed by atoms with E-state index in [0.29, 0.717) is 5.25 Å². The molecule has 0 saturated carbocycles. The Labute approximate surface area is 160 Å². The van der Waals surface area contributed by atoms with Crippen LogP contribution in [-0.4, -0.2) is 43.5 Å². The summed E-state index contributed by atoms with van der Waals surface area (Å²) in [7, 11) is 0. The van der Waals surface area contributed by atoms with Crippen molar-refractivity contribution in [2.24, 2.45) is 0 Å². The van der Waals surface area contributed by atoms with Gasteiger partial charge in [-0.2, -0.15) is 0 Å². The molecule has 0 spiro atoms. The lowest BCUT2D eigenvalue weighted by atomic mass is 10.1. The molecular weight excluding hydrogens is 364 g/mol. The molecule has 8 nitrogen and oxygen atoms in total. The van der Waals surface area contributed by atoms with E-state index in [0.717, 1.165) is 42.2 Å². The summed E-state index contributed by atoms with van der Waals surface area (Å²) in [6.07, 6.45) is 3.68. The number of non-ortho nitro benzene ring substituents is 1. The van der Waals surface area contributed by atoms with Crippen molar-refractivity contribution in [2.75, 3.05) is 18.0 Å². The number of nitro benzene ring substituents is 1. The number of hydrogen-bond acceptors (Lipinski definition) is 7. The molecular formula is C18H17N6O2S. The number of nitrogens with zero attached hydrogens (tertiary/aromatic N) is 6. The fourth-order valence-corrected chi connectivity index (χ4v) is 4.21. The van der Waals surface area contributed by atoms with E-state index >= 15 is 0 Å². The van der Waals surface area contributed by atoms with Crippen molar-refractivity contribution in [3.05, 3.63) is 65.0 Å². The van der Waals surface area contributed by atoms with Crippen LogP contribution in [0.5, 0.6) is 0 Å². The lowest BCUT2D eigenvalue weighted by Crippen LogP contribution is -2.34. The van der Waals surface area contributed by atoms with E-state index < -0.39 is 0 Å². The molecule has 0 unspecified atom stereocenters. The first-order chi connectivity index (χ1) is 13.2. The lowest BCUT2D eigenvalue weighted by Gasteiger charge is -2.33. The maximum atomic E-state index is 10.7. The molecule has 1 aromatic heterocycles. The van der Waals surface area contributed by atoms with Gasteiger partial charge in [-0.25, -0.2) is 4.68 Å². The monoisotopic (exact) mass is 381 g/mol. The average Bonchev–Trinajstić information content (AvgIpc) is 3.24. The lowest BCUT2D eigenvalue weighted by molar-refractivity contribution is -0.384. The van der Waals surface area contributed by atoms with Crippen LogP contribution in [0.2, 0.25) is 0 Å². The van der Waals surface area contributed by atoms with E-state index in [4.69, 9.17) is 0 Å². The molecule has 9 heteroatoms. The Kier molecular flexibility index (Phi) is 5.01. The second-order valence-electron chi connectivity index (χ2n) is 6.24. The van der Waals surface area contributed by atoms with Gasteiger partial charge in [0.15, 0.2) is 0 Å². The Balaban J connectivity index is 1.32. The maximum Gasteiger partial charge on any atom is 0.269 e. The second kappa shape index (κ2) is 7.75. The van der Waals surface area contributed by atoms with Gasteiger partial charge in [-0.1, -0.05) is 0 Å². The third-order valence-electron chi connectivity index (χ3n) is 4.53. The van der Waals surface area contributed by atoms with Crippen LogP contribution in [0.25, 0.3) is 5.69 Å². The summed E-state index contributed by atoms with van der Waals surface area (Å²) in [4.78, 5) is 13.8. The SMILES string of the molecule is O=[N+]([O-])c1ccc(SC2CCN(c3[c]cc(-n4cnnn4)cc3)CC2)cc1. The summed E-state index contributed by atoms with van der Waals surface area (Å²) in [6.45, 7) is 1.93. The summed E-state index contributed by atoms with van der Waals surface area (Å²) >= 11 is 1.80. The van der Waals surface area contributed by atoms with Crippen LogP contribution in [-0.2, 0) is 0 Å². The van der Waals surface area contributed by atoms with Gasteiger partial charge in [0.2, 0.25) is 0 Å². The molecule has 0 N–H and O–H groups in total. The van der Waals surface area contributed by atoms with Gasteiger partial charge in [-0.05, 0) is 53.6 Å². The number of hydrogen-bond donors (Lipinski definition) is 0. The normalized spacial score (nSPS) is 15.0. The van der Waals surface area contributed by atoms with Crippen LogP contribution in [0.15, 0.2) is 53.7 Å². The smallest absolute Gasteiger partial charge is 0.269 e. The van der Waals surface area contributed by atoms with Crippen LogP contribution >= 0.6 is 11.8 Å². The second-order valence-corrected chi connectivity index (χ2v) is 7.62. The van der Waals surface area contributed by atoms with E-state index in [1.807, 2.05) is 30.3 Å². The molecule has 0 atom stereocenters. The first-order valence-corrected chi connectivity index (χ1v) is 9.48. The van der Waals surface area contributed by atoms with Crippen LogP contribution < -0.4 is 4.90 Å². The molecule has 1 fully saturated rings. The molecule has 0 bridgehead atoms. The Hall–Kier alpha value is -2.94. The van der Waals surface area contributed by atoms with Crippen LogP contribution in [0.1, 0.15) is 12.8 Å². The van der Waals surface area contributed by atoms with Gasteiger partial charge >= 0.3 is 0 Å². The van der Waals surface area contributed by atoms with E-state index in [2.05, 4.69) is 26.5 Å². The van der Waals surface area contributed by atoms with Gasteiger partial charge in [0.1, 0.15) is 6.33 Å². The fraction of sp³-hybridized carbons (Fsp3) is 0.278. The summed E-state index contributed by atoms with van der Waals surface area (Å²) in [5.41, 5.74) is 2.09. The molecule has 4 rings (SSSR count). The molecule has 1 aliphatic heterocycles. The minimum absolute atomic E-state index is 0.134. The quantitative estimate of drug-likeness (QED) is 0.495. The number of nitro groups is 1. The van der Waals surface area contributed by atoms with Gasteiger partial charge in [-0.3, -0.25) is 10.1 Å². The Morgan fingerprint density at radius 2 is 1.93 bits per heavy atom. The van der Waals surface area contributed by atoms with Gasteiger partial charge in [0.25, 0.3) is 5.69 Å². The number of tetrazole rings is 1. The molecule has 1 radical (unpaired) electrons. The van der Waals surface area contributed by atoms with Crippen molar-refractivity contribution in [1.82, 2.24) is 20.2 Å². The van der Waals surface area contributed by atoms with Crippen molar-refractivity contribution < 1.29 is 4.92 Å². The number of anilines is 1. The first-order valence-electron chi connectivity index (χ1n) is 8.60. The Bertz CT molecular complexity index is 891. The topological polar surface area (TPSA) is 90.0 Å². The third kappa shape index (κ3) is 4.08. The highest BCUT2D eigenvalue weighted by Gasteiger charge is 2.21. The zero-order chi connectivity index (χ0) is 18.6. The van der Waals surface area contributed by atoms with Crippen LogP contribution in [0, 0.1) is 16.2 Å². The van der Waals surface area contributed by atoms with Gasteiger partial charge in [0, 0.05) is 47.1 Å². The highest BCUT2D eigenvalue weighted by atomic mass is 32.2. The fourth-order valence-electron chi connectivity index (χ4n) is 3.08. The van der Waals surface area contributed by atoms with E-state index in [1.54, 1.807) is 34.9 Å². The molecule has 0 aliphatic carbocycles. The number of aromatic nitrogens is 4. The minimum atomic E-state index is -0.367. The van der Waals surface area contributed by atoms with E-state index in [9.17, 15) is 10.1 Å². The summed E-state index contributed by atoms with van der Waals surface area (Å²) in [5.74, 6) is 0. The van der Waals surface area contributed by atoms with Crippen LogP contribution in [0.3, 0.4) is 0 Å². The number of piperidine rings is 1. The Morgan fingerprint density at radius 3 is 2.52 bits per heavy atom. The number of thioether (sulfide) groups is 1. The summed E-state index contributed by atoms with van der Waals surface area (Å²) < 4.78 is 1.60. The predicted octanol–water partition coefficient (Wildman–Crippen LogP) is 3.13. The van der Waals surface area contributed by atoms with Gasteiger partial charge < -0.3 is 4.90 Å². The van der Waals surface area contributed by atoms with E-state index in [-0.39, 0.29) is 10.6 Å². The molecule has 1 aliphatic rings. The largest absolute Gasteiger partial charge is 0.371 e. The first kappa shape index (κ1) is 17.5. The van der Waals surface area contributed by atoms with Crippen molar-refractivity contribution in [3.63, 3.8) is 0 Å². The molecule has 0 amide bonds. The Morgan fingerprint density at radius 1 is 1.15 bits per heavy atom. The molecule has 3 aromatic rings. The number of benzene rings is 2. The number of rotatable bonds is 5. The van der Waals surface area contributed by atoms with Gasteiger partial charge in [-0.15, -0.1) is 16.9 Å². The zero-order valence-corrected chi connectivity index (χ0v) is 15.2. The molecule has 2 aromatic carbocycles. The van der Waals surface area contributed by atoms with Crippen molar-refractivity contribution in [2.45, 2.75) is 23.0 Å². The minimum Gasteiger partial charge on any atom is -0.371 e. The zero-order valence-electron chi connectivity index (χ0n) is 14.4. The molecule has 1 saturated heterocycles. The van der Waals surface area contributed by atoms with Gasteiger partial charge in [0.05, 0.1) is 10.6 Å². The van der Waals surface area contributed by atoms with E-state index in [1.165, 1.54) is 0 Å². The third-order valence-corrected chi connectivity index (χ3v) is 5.88. The predicted molar refractivity (Wildman–Crippen MR) is 102 cm³/mol. The summed E-state index contributed by atoms with van der Waals surface area (Å²) in [5, 5.41) is 22.4. The molecule has 27 heavy (non-hydrogen) atoms. The highest BCUT2D eigenvalue weighted by Crippen LogP contribution is 2.32. The van der Waals surface area contributed by atoms with Crippen LogP contribution in [0.4, 0.5) is 11.4 Å². The van der Waals surface area contributed by atoms with Crippen molar-refractivity contribution in [3.8, 4) is 5.69 Å². The molecule has 137 valence electrons. The average molecular weight is 381 g/mol. The summed E-state index contributed by atoms with van der Waals surface area (Å²) in [6, 6.07) is 16.0. The maximum absolute atomic E-state index is 10.7. The van der Waals surface area contributed by atoms with Crippen molar-refractivity contribution >= 4 is 23.1 Å². The van der Waals surface area contributed by atoms with Crippen molar-refractivity contribution in [1.29, 1.82) is 0 Å². The highest BCUT2D eigenvalue weighted by molar-refractivity contribution is 8.00. The standard InChI is InChI=1S/C18H17N6O2S/c25-24(26)16-5-7-17(8-6-16)27-18-9-11-22(12-10-18)14-1-3-15(4-2-14)23-13-19-20-21-23/h1,3-8,13,18H,9-12H2. The molecule has 2 heterocycles.